The second kappa shape index (κ2) is 5.30. The van der Waals surface area contributed by atoms with Gasteiger partial charge in [-0.25, -0.2) is 4.79 Å². The van der Waals surface area contributed by atoms with Crippen molar-refractivity contribution in [1.29, 1.82) is 0 Å². The number of hydrogen-bond acceptors (Lipinski definition) is 3. The summed E-state index contributed by atoms with van der Waals surface area (Å²) in [5.74, 6) is 1.20. The standard InChI is InChI=1S/C12H23NO2S/c1-11(2,3)15-10(14)13-9-12(4)7-5-6-8-16-12/h5-9H2,1-4H3,(H,13,14). The van der Waals surface area contributed by atoms with Crippen LogP contribution >= 0.6 is 11.8 Å². The van der Waals surface area contributed by atoms with E-state index in [-0.39, 0.29) is 10.8 Å². The molecule has 0 aromatic heterocycles. The highest BCUT2D eigenvalue weighted by Gasteiger charge is 2.28. The van der Waals surface area contributed by atoms with Crippen LogP contribution in [-0.2, 0) is 4.74 Å². The van der Waals surface area contributed by atoms with Crippen molar-refractivity contribution < 1.29 is 9.53 Å². The summed E-state index contributed by atoms with van der Waals surface area (Å²) in [5.41, 5.74) is -0.412. The molecule has 1 rings (SSSR count). The highest BCUT2D eigenvalue weighted by Crippen LogP contribution is 2.35. The molecule has 94 valence electrons. The Kier molecular flexibility index (Phi) is 4.53. The minimum Gasteiger partial charge on any atom is -0.444 e. The zero-order chi connectivity index (χ0) is 12.2. The molecule has 0 aliphatic carbocycles. The first-order valence-electron chi connectivity index (χ1n) is 5.92. The third-order valence-electron chi connectivity index (χ3n) is 2.56. The van der Waals surface area contributed by atoms with Crippen molar-refractivity contribution in [3.05, 3.63) is 0 Å². The molecule has 0 aromatic rings. The van der Waals surface area contributed by atoms with Gasteiger partial charge in [0.25, 0.3) is 0 Å². The molecule has 1 fully saturated rings. The number of nitrogens with one attached hydrogen (secondary N) is 1. The summed E-state index contributed by atoms with van der Waals surface area (Å²) < 4.78 is 5.40. The number of rotatable bonds is 2. The molecule has 1 saturated heterocycles. The van der Waals surface area contributed by atoms with E-state index in [2.05, 4.69) is 12.2 Å². The van der Waals surface area contributed by atoms with Crippen LogP contribution in [-0.4, -0.2) is 28.7 Å². The molecule has 4 heteroatoms. The highest BCUT2D eigenvalue weighted by atomic mass is 32.2. The third kappa shape index (κ3) is 5.10. The first-order valence-corrected chi connectivity index (χ1v) is 6.90. The van der Waals surface area contributed by atoms with Crippen LogP contribution in [0.2, 0.25) is 0 Å². The van der Waals surface area contributed by atoms with Crippen LogP contribution in [0.25, 0.3) is 0 Å². The topological polar surface area (TPSA) is 38.3 Å². The third-order valence-corrected chi connectivity index (χ3v) is 4.09. The minimum atomic E-state index is -0.412. The Morgan fingerprint density at radius 2 is 2.12 bits per heavy atom. The van der Waals surface area contributed by atoms with E-state index in [1.807, 2.05) is 32.5 Å². The van der Waals surface area contributed by atoms with Crippen molar-refractivity contribution >= 4 is 17.9 Å². The van der Waals surface area contributed by atoms with Crippen molar-refractivity contribution in [3.63, 3.8) is 0 Å². The molecule has 0 aromatic carbocycles. The molecule has 1 atom stereocenters. The van der Waals surface area contributed by atoms with E-state index < -0.39 is 5.60 Å². The molecule has 1 N–H and O–H groups in total. The fraction of sp³-hybridized carbons (Fsp3) is 0.917. The maximum atomic E-state index is 11.5. The Bertz CT molecular complexity index is 242. The number of hydrogen-bond donors (Lipinski definition) is 1. The van der Waals surface area contributed by atoms with E-state index >= 15 is 0 Å². The van der Waals surface area contributed by atoms with Crippen molar-refractivity contribution in [2.45, 2.75) is 57.3 Å². The van der Waals surface area contributed by atoms with Crippen molar-refractivity contribution in [3.8, 4) is 0 Å². The van der Waals surface area contributed by atoms with Gasteiger partial charge in [0, 0.05) is 11.3 Å². The SMILES string of the molecule is CC(C)(C)OC(=O)NCC1(C)CCCCS1. The smallest absolute Gasteiger partial charge is 0.407 e. The Balaban J connectivity index is 2.30. The molecule has 0 radical (unpaired) electrons. The molecule has 1 amide bonds. The number of alkyl carbamates (subject to hydrolysis) is 1. The van der Waals surface area contributed by atoms with Crippen molar-refractivity contribution in [2.24, 2.45) is 0 Å². The minimum absolute atomic E-state index is 0.190. The van der Waals surface area contributed by atoms with Crippen molar-refractivity contribution in [2.75, 3.05) is 12.3 Å². The number of carbonyl (C=O) groups is 1. The molecule has 0 saturated carbocycles. The predicted molar refractivity (Wildman–Crippen MR) is 69.0 cm³/mol. The summed E-state index contributed by atoms with van der Waals surface area (Å²) in [6.45, 7) is 8.55. The second-order valence-electron chi connectivity index (χ2n) is 5.61. The lowest BCUT2D eigenvalue weighted by atomic mass is 10.0. The fourth-order valence-corrected chi connectivity index (χ4v) is 3.01. The van der Waals surface area contributed by atoms with E-state index in [0.29, 0.717) is 6.54 Å². The first kappa shape index (κ1) is 13.7. The van der Waals surface area contributed by atoms with Crippen molar-refractivity contribution in [1.82, 2.24) is 5.32 Å². The van der Waals surface area contributed by atoms with Gasteiger partial charge in [0.1, 0.15) is 5.60 Å². The Labute approximate surface area is 103 Å². The summed E-state index contributed by atoms with van der Waals surface area (Å²) in [6.07, 6.45) is 3.43. The number of amides is 1. The molecule has 0 bridgehead atoms. The summed E-state index contributed by atoms with van der Waals surface area (Å²) in [7, 11) is 0. The summed E-state index contributed by atoms with van der Waals surface area (Å²) >= 11 is 1.96. The molecule has 1 unspecified atom stereocenters. The fourth-order valence-electron chi connectivity index (χ4n) is 1.70. The van der Waals surface area contributed by atoms with Gasteiger partial charge < -0.3 is 10.1 Å². The average molecular weight is 245 g/mol. The Hall–Kier alpha value is -0.380. The number of carbonyl (C=O) groups excluding carboxylic acids is 1. The summed E-state index contributed by atoms with van der Waals surface area (Å²) in [6, 6.07) is 0. The van der Waals surface area contributed by atoms with E-state index in [1.165, 1.54) is 25.0 Å². The zero-order valence-electron chi connectivity index (χ0n) is 10.8. The molecular formula is C12H23NO2S. The van der Waals surface area contributed by atoms with Gasteiger partial charge in [0.15, 0.2) is 0 Å². The van der Waals surface area contributed by atoms with Crippen LogP contribution < -0.4 is 5.32 Å². The first-order chi connectivity index (χ1) is 7.31. The second-order valence-corrected chi connectivity index (χ2v) is 7.29. The molecule has 1 aliphatic rings. The molecule has 16 heavy (non-hydrogen) atoms. The average Bonchev–Trinajstić information content (AvgIpc) is 2.14. The number of ether oxygens (including phenoxy) is 1. The number of thioether (sulfide) groups is 1. The van der Waals surface area contributed by atoms with Crippen LogP contribution in [0.5, 0.6) is 0 Å². The molecule has 1 aliphatic heterocycles. The molecule has 3 nitrogen and oxygen atoms in total. The Morgan fingerprint density at radius 3 is 2.62 bits per heavy atom. The van der Waals surface area contributed by atoms with E-state index in [9.17, 15) is 4.79 Å². The monoisotopic (exact) mass is 245 g/mol. The quantitative estimate of drug-likeness (QED) is 0.812. The van der Waals surface area contributed by atoms with Crippen LogP contribution in [0.3, 0.4) is 0 Å². The molecule has 0 spiro atoms. The van der Waals surface area contributed by atoms with E-state index in [1.54, 1.807) is 0 Å². The van der Waals surface area contributed by atoms with Gasteiger partial charge in [-0.1, -0.05) is 6.42 Å². The molecule has 1 heterocycles. The van der Waals surface area contributed by atoms with E-state index in [4.69, 9.17) is 4.74 Å². The summed E-state index contributed by atoms with van der Waals surface area (Å²) in [4.78, 5) is 11.5. The largest absolute Gasteiger partial charge is 0.444 e. The van der Waals surface area contributed by atoms with Gasteiger partial charge in [-0.3, -0.25) is 0 Å². The summed E-state index contributed by atoms with van der Waals surface area (Å²) in [5, 5.41) is 2.87. The zero-order valence-corrected chi connectivity index (χ0v) is 11.6. The van der Waals surface area contributed by atoms with Crippen LogP contribution in [0.4, 0.5) is 4.79 Å². The lowest BCUT2D eigenvalue weighted by molar-refractivity contribution is 0.0522. The van der Waals surface area contributed by atoms with Crippen LogP contribution in [0, 0.1) is 0 Å². The van der Waals surface area contributed by atoms with Gasteiger partial charge in [0.2, 0.25) is 0 Å². The van der Waals surface area contributed by atoms with Gasteiger partial charge in [-0.15, -0.1) is 0 Å². The highest BCUT2D eigenvalue weighted by molar-refractivity contribution is 8.00. The van der Waals surface area contributed by atoms with E-state index in [0.717, 1.165) is 0 Å². The predicted octanol–water partition coefficient (Wildman–Crippen LogP) is 3.19. The van der Waals surface area contributed by atoms with Crippen LogP contribution in [0.15, 0.2) is 0 Å². The van der Waals surface area contributed by atoms with Gasteiger partial charge in [0.05, 0.1) is 0 Å². The Morgan fingerprint density at radius 1 is 1.44 bits per heavy atom. The van der Waals surface area contributed by atoms with Gasteiger partial charge in [-0.2, -0.15) is 11.8 Å². The molecular weight excluding hydrogens is 222 g/mol. The van der Waals surface area contributed by atoms with Gasteiger partial charge in [-0.05, 0) is 46.3 Å². The normalized spacial score (nSPS) is 26.2. The van der Waals surface area contributed by atoms with Gasteiger partial charge >= 0.3 is 6.09 Å². The maximum Gasteiger partial charge on any atom is 0.407 e. The lowest BCUT2D eigenvalue weighted by Crippen LogP contribution is -2.42. The lowest BCUT2D eigenvalue weighted by Gasteiger charge is -2.33. The maximum absolute atomic E-state index is 11.5. The van der Waals surface area contributed by atoms with Crippen LogP contribution in [0.1, 0.15) is 47.0 Å².